The smallest absolute Gasteiger partial charge is 0.251 e. The lowest BCUT2D eigenvalue weighted by atomic mass is 10.1. The number of hydrogen-bond acceptors (Lipinski definition) is 3. The van der Waals surface area contributed by atoms with Gasteiger partial charge in [0.1, 0.15) is 12.4 Å². The molecule has 2 aromatic rings. The average Bonchev–Trinajstić information content (AvgIpc) is 2.54. The zero-order valence-electron chi connectivity index (χ0n) is 11.7. The summed E-state index contributed by atoms with van der Waals surface area (Å²) in [6.45, 7) is 0.198. The van der Waals surface area contributed by atoms with E-state index in [9.17, 15) is 13.6 Å². The molecule has 0 unspecified atom stereocenters. The number of aliphatic hydroxyl groups excluding tert-OH is 1. The number of hydrogen-bond donors (Lipinski definition) is 2. The Balaban J connectivity index is 2.03. The summed E-state index contributed by atoms with van der Waals surface area (Å²) in [5.41, 5.74) is 0.750. The third-order valence-corrected chi connectivity index (χ3v) is 2.94. The summed E-state index contributed by atoms with van der Waals surface area (Å²) < 4.78 is 31.3. The lowest BCUT2D eigenvalue weighted by Crippen LogP contribution is -2.23. The van der Waals surface area contributed by atoms with Crippen LogP contribution in [0.4, 0.5) is 8.78 Å². The van der Waals surface area contributed by atoms with Gasteiger partial charge in [0.15, 0.2) is 11.6 Å². The normalized spacial score (nSPS) is 10.3. The third kappa shape index (κ3) is 4.02. The van der Waals surface area contributed by atoms with E-state index >= 15 is 0 Å². The van der Waals surface area contributed by atoms with Gasteiger partial charge in [-0.25, -0.2) is 8.78 Å². The Morgan fingerprint density at radius 1 is 1.14 bits per heavy atom. The van der Waals surface area contributed by atoms with Crippen LogP contribution in [0.25, 0.3) is 0 Å². The molecule has 0 aliphatic carbocycles. The molecular formula is C16H15F2NO3. The minimum Gasteiger partial charge on any atom is -0.491 e. The Morgan fingerprint density at radius 3 is 2.64 bits per heavy atom. The van der Waals surface area contributed by atoms with Gasteiger partial charge in [-0.1, -0.05) is 18.2 Å². The molecule has 4 nitrogen and oxygen atoms in total. The molecule has 0 bridgehead atoms. The van der Waals surface area contributed by atoms with E-state index in [1.807, 2.05) is 0 Å². The molecule has 0 aliphatic heterocycles. The molecule has 0 aromatic heterocycles. The molecule has 0 heterocycles. The molecule has 116 valence electrons. The lowest BCUT2D eigenvalue weighted by Gasteiger charge is -2.11. The van der Waals surface area contributed by atoms with Gasteiger partial charge in [0.2, 0.25) is 0 Å². The molecule has 0 atom stereocenters. The molecule has 0 radical (unpaired) electrons. The van der Waals surface area contributed by atoms with Crippen molar-refractivity contribution < 1.29 is 23.4 Å². The van der Waals surface area contributed by atoms with Gasteiger partial charge in [0.25, 0.3) is 5.91 Å². The van der Waals surface area contributed by atoms with Crippen LogP contribution in [0.3, 0.4) is 0 Å². The van der Waals surface area contributed by atoms with Gasteiger partial charge in [0.05, 0.1) is 6.61 Å². The summed E-state index contributed by atoms with van der Waals surface area (Å²) in [6.07, 6.45) is 0. The van der Waals surface area contributed by atoms with Gasteiger partial charge in [-0.2, -0.15) is 0 Å². The third-order valence-electron chi connectivity index (χ3n) is 2.94. The molecular weight excluding hydrogens is 292 g/mol. The van der Waals surface area contributed by atoms with Crippen LogP contribution in [-0.2, 0) is 6.54 Å². The second kappa shape index (κ2) is 7.51. The van der Waals surface area contributed by atoms with Gasteiger partial charge in [-0.3, -0.25) is 4.79 Å². The number of rotatable bonds is 6. The SMILES string of the molecule is O=C(NCc1ccccc1OCCO)c1ccc(F)c(F)c1. The molecule has 6 heteroatoms. The second-order valence-corrected chi connectivity index (χ2v) is 4.49. The molecule has 2 N–H and O–H groups in total. The van der Waals surface area contributed by atoms with Gasteiger partial charge >= 0.3 is 0 Å². The highest BCUT2D eigenvalue weighted by molar-refractivity contribution is 5.94. The fourth-order valence-corrected chi connectivity index (χ4v) is 1.86. The topological polar surface area (TPSA) is 58.6 Å². The first-order chi connectivity index (χ1) is 10.6. The van der Waals surface area contributed by atoms with Crippen molar-refractivity contribution in [2.45, 2.75) is 6.54 Å². The molecule has 2 aromatic carbocycles. The Morgan fingerprint density at radius 2 is 1.91 bits per heavy atom. The van der Waals surface area contributed by atoms with Crippen LogP contribution in [-0.4, -0.2) is 24.2 Å². The highest BCUT2D eigenvalue weighted by atomic mass is 19.2. The molecule has 1 amide bonds. The summed E-state index contributed by atoms with van der Waals surface area (Å²) in [7, 11) is 0. The number of carbonyl (C=O) groups is 1. The van der Waals surface area contributed by atoms with Crippen molar-refractivity contribution in [3.8, 4) is 5.75 Å². The summed E-state index contributed by atoms with van der Waals surface area (Å²) in [4.78, 5) is 11.9. The molecule has 0 saturated carbocycles. The fraction of sp³-hybridized carbons (Fsp3) is 0.188. The number of para-hydroxylation sites is 1. The fourth-order valence-electron chi connectivity index (χ4n) is 1.86. The van der Waals surface area contributed by atoms with E-state index in [1.165, 1.54) is 6.07 Å². The molecule has 22 heavy (non-hydrogen) atoms. The van der Waals surface area contributed by atoms with Gasteiger partial charge in [0, 0.05) is 17.7 Å². The van der Waals surface area contributed by atoms with Crippen LogP contribution in [0.2, 0.25) is 0 Å². The van der Waals surface area contributed by atoms with Crippen molar-refractivity contribution in [2.24, 2.45) is 0 Å². The monoisotopic (exact) mass is 307 g/mol. The van der Waals surface area contributed by atoms with Crippen molar-refractivity contribution in [1.82, 2.24) is 5.32 Å². The zero-order chi connectivity index (χ0) is 15.9. The van der Waals surface area contributed by atoms with E-state index in [4.69, 9.17) is 9.84 Å². The Bertz CT molecular complexity index is 662. The van der Waals surface area contributed by atoms with E-state index in [0.29, 0.717) is 11.3 Å². The Kier molecular flexibility index (Phi) is 5.43. The molecule has 2 rings (SSSR count). The van der Waals surface area contributed by atoms with Crippen LogP contribution in [0, 0.1) is 11.6 Å². The summed E-state index contributed by atoms with van der Waals surface area (Å²) in [6, 6.07) is 9.99. The summed E-state index contributed by atoms with van der Waals surface area (Å²) in [5.74, 6) is -2.04. The Hall–Kier alpha value is -2.47. The number of carbonyl (C=O) groups excluding carboxylic acids is 1. The van der Waals surface area contributed by atoms with Gasteiger partial charge < -0.3 is 15.2 Å². The van der Waals surface area contributed by atoms with Crippen LogP contribution in [0.15, 0.2) is 42.5 Å². The molecule has 0 aliphatic rings. The van der Waals surface area contributed by atoms with Crippen LogP contribution < -0.4 is 10.1 Å². The van der Waals surface area contributed by atoms with E-state index in [1.54, 1.807) is 24.3 Å². The summed E-state index contributed by atoms with van der Waals surface area (Å²) >= 11 is 0. The van der Waals surface area contributed by atoms with E-state index in [0.717, 1.165) is 12.1 Å². The average molecular weight is 307 g/mol. The maximum Gasteiger partial charge on any atom is 0.251 e. The van der Waals surface area contributed by atoms with Crippen LogP contribution >= 0.6 is 0 Å². The van der Waals surface area contributed by atoms with Crippen molar-refractivity contribution in [3.63, 3.8) is 0 Å². The molecule has 0 spiro atoms. The predicted molar refractivity (Wildman–Crippen MR) is 76.6 cm³/mol. The number of halogens is 2. The molecule has 0 fully saturated rings. The van der Waals surface area contributed by atoms with Gasteiger partial charge in [-0.15, -0.1) is 0 Å². The minimum absolute atomic E-state index is 0.0349. The highest BCUT2D eigenvalue weighted by Crippen LogP contribution is 2.18. The van der Waals surface area contributed by atoms with Crippen LogP contribution in [0.5, 0.6) is 5.75 Å². The largest absolute Gasteiger partial charge is 0.491 e. The number of ether oxygens (including phenoxy) is 1. The second-order valence-electron chi connectivity index (χ2n) is 4.49. The number of aliphatic hydroxyl groups is 1. The van der Waals surface area contributed by atoms with E-state index < -0.39 is 17.5 Å². The van der Waals surface area contributed by atoms with Crippen molar-refractivity contribution >= 4 is 5.91 Å². The standard InChI is InChI=1S/C16H15F2NO3/c17-13-6-5-11(9-14(13)18)16(21)19-10-12-3-1-2-4-15(12)22-8-7-20/h1-6,9,20H,7-8,10H2,(H,19,21). The first-order valence-electron chi connectivity index (χ1n) is 6.66. The highest BCUT2D eigenvalue weighted by Gasteiger charge is 2.10. The van der Waals surface area contributed by atoms with E-state index in [-0.39, 0.29) is 25.3 Å². The van der Waals surface area contributed by atoms with Crippen molar-refractivity contribution in [3.05, 3.63) is 65.2 Å². The van der Waals surface area contributed by atoms with Crippen molar-refractivity contribution in [2.75, 3.05) is 13.2 Å². The zero-order valence-corrected chi connectivity index (χ0v) is 11.7. The number of amides is 1. The molecule has 0 saturated heterocycles. The lowest BCUT2D eigenvalue weighted by molar-refractivity contribution is 0.0950. The number of benzene rings is 2. The first-order valence-corrected chi connectivity index (χ1v) is 6.66. The maximum atomic E-state index is 13.1. The quantitative estimate of drug-likeness (QED) is 0.860. The Labute approximate surface area is 126 Å². The first kappa shape index (κ1) is 15.9. The minimum atomic E-state index is -1.07. The van der Waals surface area contributed by atoms with E-state index in [2.05, 4.69) is 5.32 Å². The summed E-state index contributed by atoms with van der Waals surface area (Å²) in [5, 5.41) is 11.4. The maximum absolute atomic E-state index is 13.1. The van der Waals surface area contributed by atoms with Gasteiger partial charge in [-0.05, 0) is 24.3 Å². The van der Waals surface area contributed by atoms with Crippen LogP contribution in [0.1, 0.15) is 15.9 Å². The number of nitrogens with one attached hydrogen (secondary N) is 1. The van der Waals surface area contributed by atoms with Crippen molar-refractivity contribution in [1.29, 1.82) is 0 Å². The predicted octanol–water partition coefficient (Wildman–Crippen LogP) is 2.27.